The van der Waals surface area contributed by atoms with Gasteiger partial charge in [-0.15, -0.1) is 0 Å². The molecule has 1 spiro atoms. The molecule has 4 saturated heterocycles. The Kier molecular flexibility index (Phi) is 14.3. The summed E-state index contributed by atoms with van der Waals surface area (Å²) < 4.78 is 31.5. The molecule has 2 aromatic carbocycles. The number of hydrogen-bond donors (Lipinski definition) is 5. The van der Waals surface area contributed by atoms with Gasteiger partial charge in [-0.25, -0.2) is 18.7 Å². The van der Waals surface area contributed by atoms with E-state index in [1.54, 1.807) is 30.1 Å². The van der Waals surface area contributed by atoms with Crippen molar-refractivity contribution < 1.29 is 37.5 Å². The van der Waals surface area contributed by atoms with Crippen LogP contribution < -0.4 is 36.4 Å². The van der Waals surface area contributed by atoms with Gasteiger partial charge in [-0.05, 0) is 76.2 Å². The lowest BCUT2D eigenvalue weighted by Crippen LogP contribution is -2.66. The van der Waals surface area contributed by atoms with Gasteiger partial charge in [-0.2, -0.15) is 0 Å². The van der Waals surface area contributed by atoms with Gasteiger partial charge in [0, 0.05) is 81.5 Å². The predicted molar refractivity (Wildman–Crippen MR) is 247 cm³/mol. The van der Waals surface area contributed by atoms with Gasteiger partial charge in [0.05, 0.1) is 28.9 Å². The van der Waals surface area contributed by atoms with E-state index in [1.807, 2.05) is 13.0 Å². The third-order valence-corrected chi connectivity index (χ3v) is 14.2. The van der Waals surface area contributed by atoms with E-state index in [0.29, 0.717) is 83.0 Å². The Morgan fingerprint density at radius 1 is 0.836 bits per heavy atom. The smallest absolute Gasteiger partial charge is 0.264 e. The molecule has 6 amide bonds. The van der Waals surface area contributed by atoms with Gasteiger partial charge in [0.2, 0.25) is 23.6 Å². The van der Waals surface area contributed by atoms with Gasteiger partial charge in [-0.3, -0.25) is 43.9 Å². The second kappa shape index (κ2) is 20.3. The first-order chi connectivity index (χ1) is 32.3. The third-order valence-electron chi connectivity index (χ3n) is 14.2. The van der Waals surface area contributed by atoms with Gasteiger partial charge in [0.1, 0.15) is 35.6 Å². The van der Waals surface area contributed by atoms with E-state index in [-0.39, 0.29) is 60.1 Å². The summed E-state index contributed by atoms with van der Waals surface area (Å²) in [5, 5.41) is 14.8. The van der Waals surface area contributed by atoms with Crippen molar-refractivity contribution in [2.45, 2.75) is 102 Å². The number of benzene rings is 2. The first-order valence-electron chi connectivity index (χ1n) is 23.6. The zero-order valence-corrected chi connectivity index (χ0v) is 38.4. The molecule has 6 heterocycles. The summed E-state index contributed by atoms with van der Waals surface area (Å²) in [4.78, 5) is 92.1. The fourth-order valence-electron chi connectivity index (χ4n) is 10.1. The molecule has 4 fully saturated rings. The number of aromatic nitrogens is 2. The molecule has 5 aliphatic rings. The third kappa shape index (κ3) is 10.5. The van der Waals surface area contributed by atoms with Gasteiger partial charge in [-0.1, -0.05) is 38.7 Å². The average Bonchev–Trinajstić information content (AvgIpc) is 3.57. The number of amides is 6. The highest BCUT2D eigenvalue weighted by molar-refractivity contribution is 6.25. The molecule has 5 aliphatic heterocycles. The van der Waals surface area contributed by atoms with Crippen molar-refractivity contribution in [2.24, 2.45) is 5.41 Å². The summed E-state index contributed by atoms with van der Waals surface area (Å²) in [6, 6.07) is 8.38. The number of imide groups is 2. The van der Waals surface area contributed by atoms with Crippen molar-refractivity contribution in [1.29, 1.82) is 0 Å². The first-order valence-corrected chi connectivity index (χ1v) is 23.6. The lowest BCUT2D eigenvalue weighted by atomic mass is 9.79. The normalized spacial score (nSPS) is 20.4. The Morgan fingerprint density at radius 3 is 2.30 bits per heavy atom. The number of nitrogens with one attached hydrogen (secondary N) is 5. The van der Waals surface area contributed by atoms with Crippen LogP contribution in [0.25, 0.3) is 0 Å². The Morgan fingerprint density at radius 2 is 1.57 bits per heavy atom. The van der Waals surface area contributed by atoms with E-state index in [1.165, 1.54) is 18.5 Å². The molecule has 0 radical (unpaired) electrons. The van der Waals surface area contributed by atoms with E-state index in [4.69, 9.17) is 0 Å². The monoisotopic (exact) mass is 925 g/mol. The minimum atomic E-state index is -1.01. The fourth-order valence-corrected chi connectivity index (χ4v) is 10.1. The predicted octanol–water partition coefficient (Wildman–Crippen LogP) is 4.34. The van der Waals surface area contributed by atoms with Crippen LogP contribution in [0.4, 0.5) is 31.8 Å². The standard InChI is InChI=1S/C48H61F2N11O6/c1-47(46(67)53-19-8-6-4-3-5-7-18-52-35-11-9-10-32-42(35)45(66)61(44(32)65)36-12-13-40(62)56-43(36)64)14-20-58(21-15-47)27-31-24-34(50)37(25-33(31)49)60-28-41(63)57-48(29-60)16-22-59(23-17-48)39-26-38(51-2)54-30-55-39/h9-11,24-26,30,36,52H,3-8,12-23,27-29H2,1-2H3,(H,53,67)(H,57,63)(H,51,54,55)(H,56,62,64). The van der Waals surface area contributed by atoms with Crippen molar-refractivity contribution >= 4 is 58.5 Å². The molecular formula is C48H61F2N11O6. The number of hydrogen-bond acceptors (Lipinski definition) is 13. The van der Waals surface area contributed by atoms with Crippen molar-refractivity contribution in [3.8, 4) is 0 Å². The summed E-state index contributed by atoms with van der Waals surface area (Å²) in [5.41, 5.74) is 0.250. The van der Waals surface area contributed by atoms with Gasteiger partial charge >= 0.3 is 0 Å². The van der Waals surface area contributed by atoms with Crippen LogP contribution in [0.1, 0.15) is 110 Å². The highest BCUT2D eigenvalue weighted by atomic mass is 19.1. The quantitative estimate of drug-likeness (QED) is 0.0947. The van der Waals surface area contributed by atoms with Crippen LogP contribution in [0.15, 0.2) is 42.7 Å². The van der Waals surface area contributed by atoms with Gasteiger partial charge in [0.25, 0.3) is 11.8 Å². The highest BCUT2D eigenvalue weighted by Crippen LogP contribution is 2.36. The van der Waals surface area contributed by atoms with Crippen LogP contribution in [-0.2, 0) is 25.7 Å². The van der Waals surface area contributed by atoms with Crippen molar-refractivity contribution in [3.05, 3.63) is 71.1 Å². The van der Waals surface area contributed by atoms with Crippen LogP contribution >= 0.6 is 0 Å². The van der Waals surface area contributed by atoms with E-state index < -0.39 is 52.3 Å². The molecule has 1 aromatic heterocycles. The molecule has 19 heteroatoms. The van der Waals surface area contributed by atoms with Crippen molar-refractivity contribution in [1.82, 2.24) is 35.7 Å². The lowest BCUT2D eigenvalue weighted by molar-refractivity contribution is -0.136. The summed E-state index contributed by atoms with van der Waals surface area (Å²) in [7, 11) is 1.79. The second-order valence-electron chi connectivity index (χ2n) is 18.9. The molecule has 67 heavy (non-hydrogen) atoms. The van der Waals surface area contributed by atoms with E-state index in [2.05, 4.69) is 46.4 Å². The van der Waals surface area contributed by atoms with Crippen LogP contribution in [0.5, 0.6) is 0 Å². The number of nitrogens with zero attached hydrogens (tertiary/aromatic N) is 6. The molecule has 3 aromatic rings. The minimum Gasteiger partial charge on any atom is -0.384 e. The Balaban J connectivity index is 0.716. The average molecular weight is 926 g/mol. The number of likely N-dealkylation sites (tertiary alicyclic amines) is 1. The number of rotatable bonds is 17. The molecule has 1 atom stereocenters. The molecular weight excluding hydrogens is 865 g/mol. The molecule has 0 saturated carbocycles. The maximum atomic E-state index is 15.8. The summed E-state index contributed by atoms with van der Waals surface area (Å²) in [5.74, 6) is -1.91. The molecule has 5 N–H and O–H groups in total. The number of carbonyl (C=O) groups excluding carboxylic acids is 6. The van der Waals surface area contributed by atoms with Gasteiger partial charge in [0.15, 0.2) is 0 Å². The fraction of sp³-hybridized carbons (Fsp3) is 0.542. The van der Waals surface area contributed by atoms with Crippen molar-refractivity contribution in [2.75, 3.05) is 79.8 Å². The topological polar surface area (TPSA) is 201 Å². The first kappa shape index (κ1) is 47.3. The number of piperazine rings is 1. The Labute approximate surface area is 389 Å². The number of anilines is 4. The van der Waals surface area contributed by atoms with Crippen LogP contribution in [-0.4, -0.2) is 126 Å². The molecule has 0 aliphatic carbocycles. The number of halogens is 2. The summed E-state index contributed by atoms with van der Waals surface area (Å²) in [6.45, 7) is 6.10. The second-order valence-corrected chi connectivity index (χ2v) is 18.9. The Bertz CT molecular complexity index is 2390. The summed E-state index contributed by atoms with van der Waals surface area (Å²) in [6.07, 6.45) is 9.76. The lowest BCUT2D eigenvalue weighted by Gasteiger charge is -2.48. The maximum Gasteiger partial charge on any atom is 0.264 e. The number of unbranched alkanes of at least 4 members (excludes halogenated alkanes) is 5. The van der Waals surface area contributed by atoms with Crippen LogP contribution in [0.3, 0.4) is 0 Å². The zero-order valence-electron chi connectivity index (χ0n) is 38.4. The number of piperidine rings is 3. The minimum absolute atomic E-state index is 0.0126. The molecule has 1 unspecified atom stereocenters. The van der Waals surface area contributed by atoms with Gasteiger partial charge < -0.3 is 31.1 Å². The van der Waals surface area contributed by atoms with Crippen LogP contribution in [0.2, 0.25) is 0 Å². The number of carbonyl (C=O) groups is 6. The summed E-state index contributed by atoms with van der Waals surface area (Å²) >= 11 is 0. The zero-order chi connectivity index (χ0) is 47.3. The largest absolute Gasteiger partial charge is 0.384 e. The van der Waals surface area contributed by atoms with Crippen LogP contribution in [0, 0.1) is 17.0 Å². The van der Waals surface area contributed by atoms with Crippen molar-refractivity contribution in [3.63, 3.8) is 0 Å². The number of fused-ring (bicyclic) bond motifs is 1. The molecule has 0 bridgehead atoms. The van der Waals surface area contributed by atoms with E-state index in [0.717, 1.165) is 49.2 Å². The SMILES string of the molecule is CNc1cc(N2CCC3(CC2)CN(c2cc(F)c(CN4CCC(C)(C(=O)NCCCCCCCCNc5cccc6c5C(=O)N(C5CCC(=O)NC5=O)C6=O)CC4)cc2F)CC(=O)N3)ncn1. The van der Waals surface area contributed by atoms with E-state index in [9.17, 15) is 28.8 Å². The van der Waals surface area contributed by atoms with E-state index >= 15 is 8.78 Å². The molecule has 358 valence electrons. The molecule has 8 rings (SSSR count). The Hall–Kier alpha value is -6.24. The maximum absolute atomic E-state index is 15.8. The highest BCUT2D eigenvalue weighted by Gasteiger charge is 2.46. The molecule has 17 nitrogen and oxygen atoms in total.